The lowest BCUT2D eigenvalue weighted by Crippen LogP contribution is -2.23. The largest absolute Gasteiger partial charge is 0.497 e. The molecule has 0 bridgehead atoms. The lowest BCUT2D eigenvalue weighted by molar-refractivity contribution is -0.121. The summed E-state index contributed by atoms with van der Waals surface area (Å²) >= 11 is 5.85. The van der Waals surface area contributed by atoms with E-state index >= 15 is 0 Å². The van der Waals surface area contributed by atoms with Crippen LogP contribution in [-0.4, -0.2) is 23.2 Å². The Bertz CT molecular complexity index is 878. The summed E-state index contributed by atoms with van der Waals surface area (Å²) in [5, 5.41) is 7.40. The number of amides is 1. The van der Waals surface area contributed by atoms with E-state index in [0.717, 1.165) is 11.1 Å². The van der Waals surface area contributed by atoms with Crippen LogP contribution in [0, 0.1) is 0 Å². The van der Waals surface area contributed by atoms with Crippen LogP contribution in [0.5, 0.6) is 5.75 Å². The molecule has 0 fully saturated rings. The predicted octanol–water partition coefficient (Wildman–Crippen LogP) is 3.65. The Hall–Kier alpha value is -2.86. The van der Waals surface area contributed by atoms with Gasteiger partial charge in [-0.3, -0.25) is 4.79 Å². The number of nitrogens with one attached hydrogen (secondary N) is 1. The number of aryl methyl sites for hydroxylation is 1. The van der Waals surface area contributed by atoms with Crippen LogP contribution >= 0.6 is 11.6 Å². The highest BCUT2D eigenvalue weighted by atomic mass is 35.5. The molecule has 0 saturated heterocycles. The second kappa shape index (κ2) is 8.49. The van der Waals surface area contributed by atoms with Crippen molar-refractivity contribution in [3.8, 4) is 17.1 Å². The highest BCUT2D eigenvalue weighted by molar-refractivity contribution is 6.30. The van der Waals surface area contributed by atoms with Crippen molar-refractivity contribution in [1.29, 1.82) is 0 Å². The van der Waals surface area contributed by atoms with E-state index in [0.29, 0.717) is 35.3 Å². The van der Waals surface area contributed by atoms with Crippen molar-refractivity contribution in [1.82, 2.24) is 15.5 Å². The number of rotatable bonds is 7. The second-order valence-electron chi connectivity index (χ2n) is 5.65. The van der Waals surface area contributed by atoms with E-state index in [1.54, 1.807) is 7.11 Å². The molecule has 3 rings (SSSR count). The number of ether oxygens (including phenoxy) is 1. The van der Waals surface area contributed by atoms with Gasteiger partial charge in [-0.2, -0.15) is 4.98 Å². The molecule has 0 saturated carbocycles. The van der Waals surface area contributed by atoms with E-state index in [1.807, 2.05) is 48.5 Å². The van der Waals surface area contributed by atoms with Crippen molar-refractivity contribution < 1.29 is 14.1 Å². The number of carbonyl (C=O) groups excluding carboxylic acids is 1. The van der Waals surface area contributed by atoms with E-state index in [2.05, 4.69) is 15.5 Å². The normalized spacial score (nSPS) is 10.5. The van der Waals surface area contributed by atoms with Gasteiger partial charge in [0.1, 0.15) is 5.75 Å². The highest BCUT2D eigenvalue weighted by Gasteiger charge is 2.10. The third kappa shape index (κ3) is 4.83. The van der Waals surface area contributed by atoms with Crippen LogP contribution in [-0.2, 0) is 17.8 Å². The molecule has 0 atom stereocenters. The van der Waals surface area contributed by atoms with Crippen LogP contribution in [0.15, 0.2) is 53.1 Å². The monoisotopic (exact) mass is 371 g/mol. The highest BCUT2D eigenvalue weighted by Crippen LogP contribution is 2.21. The summed E-state index contributed by atoms with van der Waals surface area (Å²) in [5.41, 5.74) is 1.84. The third-order valence-electron chi connectivity index (χ3n) is 3.79. The van der Waals surface area contributed by atoms with Gasteiger partial charge in [0.05, 0.1) is 13.7 Å². The first-order valence-corrected chi connectivity index (χ1v) is 8.50. The van der Waals surface area contributed by atoms with E-state index in [1.165, 1.54) is 0 Å². The number of benzene rings is 2. The zero-order valence-electron chi connectivity index (χ0n) is 14.2. The molecule has 0 spiro atoms. The van der Waals surface area contributed by atoms with Gasteiger partial charge in [-0.05, 0) is 36.2 Å². The Morgan fingerprint density at radius 1 is 1.23 bits per heavy atom. The number of carbonyl (C=O) groups is 1. The molecule has 0 aliphatic carbocycles. The van der Waals surface area contributed by atoms with Crippen molar-refractivity contribution in [2.45, 2.75) is 19.4 Å². The summed E-state index contributed by atoms with van der Waals surface area (Å²) in [7, 11) is 1.60. The Kier molecular flexibility index (Phi) is 5.86. The first-order valence-electron chi connectivity index (χ1n) is 8.12. The topological polar surface area (TPSA) is 77.3 Å². The lowest BCUT2D eigenvalue weighted by Gasteiger charge is -2.03. The summed E-state index contributed by atoms with van der Waals surface area (Å²) in [5.74, 6) is 1.43. The fourth-order valence-electron chi connectivity index (χ4n) is 2.38. The Balaban J connectivity index is 1.51. The minimum Gasteiger partial charge on any atom is -0.497 e. The van der Waals surface area contributed by atoms with Crippen LogP contribution in [0.3, 0.4) is 0 Å². The smallest absolute Gasteiger partial charge is 0.246 e. The molecular formula is C19H18ClN3O3. The van der Waals surface area contributed by atoms with Crippen LogP contribution in [0.2, 0.25) is 5.02 Å². The molecule has 3 aromatic rings. The zero-order valence-corrected chi connectivity index (χ0v) is 15.0. The van der Waals surface area contributed by atoms with Crippen LogP contribution in [0.25, 0.3) is 11.4 Å². The van der Waals surface area contributed by atoms with Crippen LogP contribution < -0.4 is 10.1 Å². The standard InChI is InChI=1S/C19H18ClN3O3/c1-25-16-4-2-3-14(11-16)19-22-18(26-23-19)12-21-17(24)10-7-13-5-8-15(20)9-6-13/h2-6,8-9,11H,7,10,12H2,1H3,(H,21,24). The van der Waals surface area contributed by atoms with Gasteiger partial charge in [0.25, 0.3) is 0 Å². The van der Waals surface area contributed by atoms with Gasteiger partial charge in [0.15, 0.2) is 0 Å². The van der Waals surface area contributed by atoms with Crippen molar-refractivity contribution in [2.75, 3.05) is 7.11 Å². The molecule has 0 aliphatic heterocycles. The summed E-state index contributed by atoms with van der Waals surface area (Å²) < 4.78 is 10.4. The summed E-state index contributed by atoms with van der Waals surface area (Å²) in [6, 6.07) is 14.8. The van der Waals surface area contributed by atoms with Gasteiger partial charge < -0.3 is 14.6 Å². The Morgan fingerprint density at radius 3 is 2.81 bits per heavy atom. The maximum absolute atomic E-state index is 12.0. The molecule has 0 unspecified atom stereocenters. The number of nitrogens with zero attached hydrogens (tertiary/aromatic N) is 2. The first kappa shape index (κ1) is 17.9. The molecule has 2 aromatic carbocycles. The summed E-state index contributed by atoms with van der Waals surface area (Å²) in [6.45, 7) is 0.191. The minimum absolute atomic E-state index is 0.0823. The van der Waals surface area contributed by atoms with Gasteiger partial charge in [0, 0.05) is 17.0 Å². The van der Waals surface area contributed by atoms with E-state index < -0.39 is 0 Å². The van der Waals surface area contributed by atoms with Crippen molar-refractivity contribution in [3.05, 3.63) is 65.0 Å². The van der Waals surface area contributed by atoms with E-state index in [9.17, 15) is 4.79 Å². The predicted molar refractivity (Wildman–Crippen MR) is 97.9 cm³/mol. The van der Waals surface area contributed by atoms with E-state index in [4.69, 9.17) is 20.9 Å². The molecule has 1 aromatic heterocycles. The van der Waals surface area contributed by atoms with Gasteiger partial charge in [-0.15, -0.1) is 0 Å². The van der Waals surface area contributed by atoms with Gasteiger partial charge in [0.2, 0.25) is 17.6 Å². The number of hydrogen-bond acceptors (Lipinski definition) is 5. The molecule has 0 aliphatic rings. The number of aromatic nitrogens is 2. The van der Waals surface area contributed by atoms with Gasteiger partial charge in [-0.1, -0.05) is 41.0 Å². The summed E-state index contributed by atoms with van der Waals surface area (Å²) in [4.78, 5) is 16.3. The SMILES string of the molecule is COc1cccc(-c2noc(CNC(=O)CCc3ccc(Cl)cc3)n2)c1. The molecule has 1 heterocycles. The maximum Gasteiger partial charge on any atom is 0.246 e. The Labute approximate surface area is 156 Å². The van der Waals surface area contributed by atoms with Crippen molar-refractivity contribution in [2.24, 2.45) is 0 Å². The number of hydrogen-bond donors (Lipinski definition) is 1. The van der Waals surface area contributed by atoms with Crippen molar-refractivity contribution in [3.63, 3.8) is 0 Å². The zero-order chi connectivity index (χ0) is 18.4. The van der Waals surface area contributed by atoms with Crippen LogP contribution in [0.4, 0.5) is 0 Å². The number of halogens is 1. The molecule has 7 heteroatoms. The van der Waals surface area contributed by atoms with E-state index in [-0.39, 0.29) is 12.5 Å². The minimum atomic E-state index is -0.0823. The fourth-order valence-corrected chi connectivity index (χ4v) is 2.50. The molecule has 0 radical (unpaired) electrons. The molecule has 26 heavy (non-hydrogen) atoms. The average Bonchev–Trinajstić information content (AvgIpc) is 3.15. The average molecular weight is 372 g/mol. The molecule has 1 N–H and O–H groups in total. The Morgan fingerprint density at radius 2 is 2.04 bits per heavy atom. The fraction of sp³-hybridized carbons (Fsp3) is 0.211. The van der Waals surface area contributed by atoms with Crippen LogP contribution in [0.1, 0.15) is 17.9 Å². The molecule has 134 valence electrons. The molecular weight excluding hydrogens is 354 g/mol. The molecule has 6 nitrogen and oxygen atoms in total. The second-order valence-corrected chi connectivity index (χ2v) is 6.08. The quantitative estimate of drug-likeness (QED) is 0.686. The van der Waals surface area contributed by atoms with Gasteiger partial charge in [-0.25, -0.2) is 0 Å². The maximum atomic E-state index is 12.0. The molecule has 1 amide bonds. The van der Waals surface area contributed by atoms with Gasteiger partial charge >= 0.3 is 0 Å². The number of methoxy groups -OCH3 is 1. The first-order chi connectivity index (χ1) is 12.6. The van der Waals surface area contributed by atoms with Crippen molar-refractivity contribution >= 4 is 17.5 Å². The third-order valence-corrected chi connectivity index (χ3v) is 4.04. The lowest BCUT2D eigenvalue weighted by atomic mass is 10.1. The summed E-state index contributed by atoms with van der Waals surface area (Å²) in [6.07, 6.45) is 1.01.